The molecule has 1 aromatic carbocycles. The average Bonchev–Trinajstić information content (AvgIpc) is 2.32. The lowest BCUT2D eigenvalue weighted by atomic mass is 9.88. The molecule has 1 aromatic rings. The second kappa shape index (κ2) is 4.11. The summed E-state index contributed by atoms with van der Waals surface area (Å²) in [5.74, 6) is -3.81. The maximum absolute atomic E-state index is 13.1. The van der Waals surface area contributed by atoms with Crippen molar-refractivity contribution in [3.8, 4) is 0 Å². The Labute approximate surface area is 107 Å². The number of urea groups is 1. The van der Waals surface area contributed by atoms with Crippen molar-refractivity contribution in [2.24, 2.45) is 5.41 Å². The second-order valence-electron chi connectivity index (χ2n) is 4.62. The molecule has 0 radical (unpaired) electrons. The van der Waals surface area contributed by atoms with E-state index >= 15 is 0 Å². The summed E-state index contributed by atoms with van der Waals surface area (Å²) in [7, 11) is 0. The highest BCUT2D eigenvalue weighted by Crippen LogP contribution is 2.28. The van der Waals surface area contributed by atoms with Crippen LogP contribution in [0, 0.1) is 17.0 Å². The maximum Gasteiger partial charge on any atom is 0.335 e. The quantitative estimate of drug-likeness (QED) is 0.786. The first-order valence-corrected chi connectivity index (χ1v) is 5.40. The number of barbiturate groups is 1. The summed E-state index contributed by atoms with van der Waals surface area (Å²) >= 11 is 0. The predicted octanol–water partition coefficient (Wildman–Crippen LogP) is 1.57. The monoisotopic (exact) mass is 268 g/mol. The zero-order valence-corrected chi connectivity index (χ0v) is 10.2. The van der Waals surface area contributed by atoms with Gasteiger partial charge in [0.15, 0.2) is 11.6 Å². The Morgan fingerprint density at radius 2 is 1.74 bits per heavy atom. The summed E-state index contributed by atoms with van der Waals surface area (Å²) in [5.41, 5.74) is -1.60. The standard InChI is InChI=1S/C12H10F2N2O3/c1-12(2)9(17)15-11(19)16(10(12)18)6-3-4-7(13)8(14)5-6/h3-5H,1-2H3,(H,15,17,19). The van der Waals surface area contributed by atoms with Crippen LogP contribution in [0.25, 0.3) is 0 Å². The second-order valence-corrected chi connectivity index (χ2v) is 4.62. The van der Waals surface area contributed by atoms with E-state index < -0.39 is 34.9 Å². The van der Waals surface area contributed by atoms with Gasteiger partial charge in [0.05, 0.1) is 5.69 Å². The van der Waals surface area contributed by atoms with Gasteiger partial charge < -0.3 is 0 Å². The number of anilines is 1. The third-order valence-electron chi connectivity index (χ3n) is 2.89. The van der Waals surface area contributed by atoms with E-state index in [-0.39, 0.29) is 5.69 Å². The summed E-state index contributed by atoms with van der Waals surface area (Å²) in [5, 5.41) is 1.99. The van der Waals surface area contributed by atoms with Crippen molar-refractivity contribution in [2.75, 3.05) is 4.90 Å². The third-order valence-corrected chi connectivity index (χ3v) is 2.89. The number of hydrogen-bond acceptors (Lipinski definition) is 3. The van der Waals surface area contributed by atoms with Crippen LogP contribution < -0.4 is 10.2 Å². The van der Waals surface area contributed by atoms with Crippen molar-refractivity contribution in [3.05, 3.63) is 29.8 Å². The zero-order chi connectivity index (χ0) is 14.4. The Hall–Kier alpha value is -2.31. The Kier molecular flexibility index (Phi) is 2.84. The van der Waals surface area contributed by atoms with E-state index in [1.54, 1.807) is 0 Å². The van der Waals surface area contributed by atoms with Gasteiger partial charge in [-0.15, -0.1) is 0 Å². The first kappa shape index (κ1) is 13.1. The Morgan fingerprint density at radius 3 is 2.32 bits per heavy atom. The van der Waals surface area contributed by atoms with Gasteiger partial charge in [-0.3, -0.25) is 14.9 Å². The highest BCUT2D eigenvalue weighted by Gasteiger charge is 2.47. The molecule has 0 aliphatic carbocycles. The molecule has 1 aliphatic rings. The minimum atomic E-state index is -1.46. The molecular formula is C12H10F2N2O3. The SMILES string of the molecule is CC1(C)C(=O)NC(=O)N(c2ccc(F)c(F)c2)C1=O. The fourth-order valence-electron chi connectivity index (χ4n) is 1.64. The molecule has 1 fully saturated rings. The van der Waals surface area contributed by atoms with E-state index in [9.17, 15) is 23.2 Å². The summed E-state index contributed by atoms with van der Waals surface area (Å²) in [6, 6.07) is 1.62. The van der Waals surface area contributed by atoms with Crippen LogP contribution in [0.2, 0.25) is 0 Å². The van der Waals surface area contributed by atoms with E-state index in [1.807, 2.05) is 5.32 Å². The van der Waals surface area contributed by atoms with E-state index in [0.29, 0.717) is 4.90 Å². The largest absolute Gasteiger partial charge is 0.335 e. The normalized spacial score (nSPS) is 18.5. The minimum absolute atomic E-state index is 0.137. The lowest BCUT2D eigenvalue weighted by Crippen LogP contribution is -2.62. The maximum atomic E-state index is 13.1. The molecule has 5 nitrogen and oxygen atoms in total. The molecule has 0 aromatic heterocycles. The molecule has 0 unspecified atom stereocenters. The van der Waals surface area contributed by atoms with Gasteiger partial charge in [-0.1, -0.05) is 0 Å². The van der Waals surface area contributed by atoms with Crippen molar-refractivity contribution in [1.82, 2.24) is 5.32 Å². The number of hydrogen-bond donors (Lipinski definition) is 1. The summed E-state index contributed by atoms with van der Waals surface area (Å²) < 4.78 is 26.0. The van der Waals surface area contributed by atoms with Crippen LogP contribution in [-0.2, 0) is 9.59 Å². The van der Waals surface area contributed by atoms with Crippen LogP contribution in [0.1, 0.15) is 13.8 Å². The molecule has 0 bridgehead atoms. The average molecular weight is 268 g/mol. The molecule has 1 aliphatic heterocycles. The number of imide groups is 2. The Morgan fingerprint density at radius 1 is 1.11 bits per heavy atom. The van der Waals surface area contributed by atoms with Crippen molar-refractivity contribution in [1.29, 1.82) is 0 Å². The van der Waals surface area contributed by atoms with E-state index in [1.165, 1.54) is 13.8 Å². The Bertz CT molecular complexity index is 599. The van der Waals surface area contributed by atoms with Crippen LogP contribution in [0.15, 0.2) is 18.2 Å². The molecule has 4 amide bonds. The van der Waals surface area contributed by atoms with Gasteiger partial charge in [-0.2, -0.15) is 0 Å². The summed E-state index contributed by atoms with van der Waals surface area (Å²) in [6.07, 6.45) is 0. The fourth-order valence-corrected chi connectivity index (χ4v) is 1.64. The van der Waals surface area contributed by atoms with Gasteiger partial charge in [0.1, 0.15) is 5.41 Å². The lowest BCUT2D eigenvalue weighted by Gasteiger charge is -2.34. The molecule has 2 rings (SSSR count). The van der Waals surface area contributed by atoms with Crippen molar-refractivity contribution >= 4 is 23.5 Å². The van der Waals surface area contributed by atoms with Gasteiger partial charge in [0, 0.05) is 6.07 Å². The lowest BCUT2D eigenvalue weighted by molar-refractivity contribution is -0.140. The summed E-state index contributed by atoms with van der Waals surface area (Å²) in [6.45, 7) is 2.67. The topological polar surface area (TPSA) is 66.5 Å². The van der Waals surface area contributed by atoms with Gasteiger partial charge in [-0.05, 0) is 26.0 Å². The highest BCUT2D eigenvalue weighted by molar-refractivity contribution is 6.29. The first-order valence-electron chi connectivity index (χ1n) is 5.40. The molecule has 0 atom stereocenters. The van der Waals surface area contributed by atoms with Crippen molar-refractivity contribution < 1.29 is 23.2 Å². The fraction of sp³-hybridized carbons (Fsp3) is 0.250. The molecular weight excluding hydrogens is 258 g/mol. The number of carbonyl (C=O) groups is 3. The molecule has 19 heavy (non-hydrogen) atoms. The van der Waals surface area contributed by atoms with Crippen LogP contribution in [0.3, 0.4) is 0 Å². The number of amides is 4. The van der Waals surface area contributed by atoms with E-state index in [4.69, 9.17) is 0 Å². The zero-order valence-electron chi connectivity index (χ0n) is 10.2. The van der Waals surface area contributed by atoms with Crippen molar-refractivity contribution in [2.45, 2.75) is 13.8 Å². The van der Waals surface area contributed by atoms with Crippen molar-refractivity contribution in [3.63, 3.8) is 0 Å². The predicted molar refractivity (Wildman–Crippen MR) is 61.2 cm³/mol. The molecule has 100 valence electrons. The first-order chi connectivity index (χ1) is 8.75. The number of nitrogens with one attached hydrogen (secondary N) is 1. The van der Waals surface area contributed by atoms with Crippen LogP contribution >= 0.6 is 0 Å². The number of benzene rings is 1. The van der Waals surface area contributed by atoms with Crippen LogP contribution in [0.4, 0.5) is 19.3 Å². The molecule has 1 heterocycles. The highest BCUT2D eigenvalue weighted by atomic mass is 19.2. The summed E-state index contributed by atoms with van der Waals surface area (Å²) in [4.78, 5) is 35.9. The van der Waals surface area contributed by atoms with Crippen LogP contribution in [0.5, 0.6) is 0 Å². The smallest absolute Gasteiger partial charge is 0.276 e. The van der Waals surface area contributed by atoms with E-state index in [0.717, 1.165) is 18.2 Å². The number of halogens is 2. The van der Waals surface area contributed by atoms with Crippen LogP contribution in [-0.4, -0.2) is 17.8 Å². The van der Waals surface area contributed by atoms with E-state index in [2.05, 4.69) is 0 Å². The molecule has 1 N–H and O–H groups in total. The number of carbonyl (C=O) groups excluding carboxylic acids is 3. The van der Waals surface area contributed by atoms with Gasteiger partial charge in [0.25, 0.3) is 0 Å². The van der Waals surface area contributed by atoms with Gasteiger partial charge in [-0.25, -0.2) is 18.5 Å². The molecule has 7 heteroatoms. The minimum Gasteiger partial charge on any atom is -0.276 e. The molecule has 0 spiro atoms. The number of rotatable bonds is 1. The van der Waals surface area contributed by atoms with Gasteiger partial charge >= 0.3 is 6.03 Å². The Balaban J connectivity index is 2.48. The van der Waals surface area contributed by atoms with Gasteiger partial charge in [0.2, 0.25) is 11.8 Å². The molecule has 0 saturated carbocycles. The third kappa shape index (κ3) is 1.96. The molecule has 1 saturated heterocycles. The number of nitrogens with zero attached hydrogens (tertiary/aromatic N) is 1.